The van der Waals surface area contributed by atoms with Crippen molar-refractivity contribution in [2.24, 2.45) is 0 Å². The summed E-state index contributed by atoms with van der Waals surface area (Å²) in [5.41, 5.74) is -0.283. The van der Waals surface area contributed by atoms with Crippen molar-refractivity contribution in [1.29, 1.82) is 0 Å². The Kier molecular flexibility index (Phi) is 5.63. The van der Waals surface area contributed by atoms with E-state index in [4.69, 9.17) is 5.11 Å². The van der Waals surface area contributed by atoms with Gasteiger partial charge in [0.1, 0.15) is 0 Å². The Bertz CT molecular complexity index is 531. The summed E-state index contributed by atoms with van der Waals surface area (Å²) in [6.45, 7) is -0.150. The Morgan fingerprint density at radius 3 is 2.45 bits per heavy atom. The van der Waals surface area contributed by atoms with Gasteiger partial charge in [-0.2, -0.15) is 0 Å². The molecule has 0 bridgehead atoms. The molecule has 0 radical (unpaired) electrons. The average Bonchev–Trinajstić information content (AvgIpc) is 2.30. The van der Waals surface area contributed by atoms with Gasteiger partial charge < -0.3 is 9.84 Å². The third-order valence-electron chi connectivity index (χ3n) is 2.20. The summed E-state index contributed by atoms with van der Waals surface area (Å²) in [4.78, 5) is 0. The number of sulfonamides is 1. The van der Waals surface area contributed by atoms with Crippen LogP contribution in [0.3, 0.4) is 0 Å². The molecule has 9 heteroatoms. The molecule has 20 heavy (non-hydrogen) atoms. The molecule has 0 unspecified atom stereocenters. The first kappa shape index (κ1) is 16.6. The molecule has 0 aliphatic rings. The van der Waals surface area contributed by atoms with E-state index >= 15 is 0 Å². The van der Waals surface area contributed by atoms with Crippen molar-refractivity contribution in [3.8, 4) is 5.75 Å². The number of para-hydroxylation sites is 2. The first-order chi connectivity index (χ1) is 9.23. The van der Waals surface area contributed by atoms with E-state index in [2.05, 4.69) is 4.74 Å². The number of rotatable bonds is 7. The third kappa shape index (κ3) is 6.11. The van der Waals surface area contributed by atoms with Gasteiger partial charge in [0.2, 0.25) is 10.0 Å². The number of alkyl halides is 3. The van der Waals surface area contributed by atoms with Crippen LogP contribution < -0.4 is 9.46 Å². The first-order valence-corrected chi connectivity index (χ1v) is 7.35. The maximum atomic E-state index is 12.2. The number of halogens is 3. The summed E-state index contributed by atoms with van der Waals surface area (Å²) in [5.74, 6) is -0.917. The summed E-state index contributed by atoms with van der Waals surface area (Å²) in [7, 11) is -3.79. The SMILES string of the molecule is O=S(=O)(CCCCO)Nc1ccccc1OC(F)(F)F. The van der Waals surface area contributed by atoms with Crippen molar-refractivity contribution in [1.82, 2.24) is 0 Å². The smallest absolute Gasteiger partial charge is 0.404 e. The molecule has 0 fully saturated rings. The van der Waals surface area contributed by atoms with E-state index in [1.54, 1.807) is 0 Å². The van der Waals surface area contributed by atoms with E-state index in [0.717, 1.165) is 6.07 Å². The lowest BCUT2D eigenvalue weighted by atomic mass is 10.3. The zero-order chi connectivity index (χ0) is 15.2. The van der Waals surface area contributed by atoms with Gasteiger partial charge in [0.05, 0.1) is 11.4 Å². The highest BCUT2D eigenvalue weighted by Crippen LogP contribution is 2.30. The Morgan fingerprint density at radius 2 is 1.85 bits per heavy atom. The lowest BCUT2D eigenvalue weighted by Gasteiger charge is -2.14. The summed E-state index contributed by atoms with van der Waals surface area (Å²) >= 11 is 0. The Labute approximate surface area is 114 Å². The van der Waals surface area contributed by atoms with Gasteiger partial charge in [0.25, 0.3) is 0 Å². The van der Waals surface area contributed by atoms with Crippen LogP contribution in [-0.2, 0) is 10.0 Å². The standard InChI is InChI=1S/C11H14F3NO4S/c12-11(13,14)19-10-6-2-1-5-9(10)15-20(17,18)8-4-3-7-16/h1-2,5-6,15-16H,3-4,7-8H2. The van der Waals surface area contributed by atoms with Crippen molar-refractivity contribution in [3.05, 3.63) is 24.3 Å². The molecule has 0 aromatic heterocycles. The van der Waals surface area contributed by atoms with Crippen molar-refractivity contribution in [2.75, 3.05) is 17.1 Å². The fourth-order valence-electron chi connectivity index (χ4n) is 1.39. The van der Waals surface area contributed by atoms with Gasteiger partial charge in [-0.3, -0.25) is 4.72 Å². The number of unbranched alkanes of at least 4 members (excludes halogenated alkanes) is 1. The molecular formula is C11H14F3NO4S. The molecule has 1 aromatic carbocycles. The highest BCUT2D eigenvalue weighted by atomic mass is 32.2. The number of hydrogen-bond donors (Lipinski definition) is 2. The number of anilines is 1. The minimum atomic E-state index is -4.90. The van der Waals surface area contributed by atoms with Crippen LogP contribution in [0, 0.1) is 0 Å². The van der Waals surface area contributed by atoms with Gasteiger partial charge >= 0.3 is 6.36 Å². The summed E-state index contributed by atoms with van der Waals surface area (Å²) < 4.78 is 65.6. The molecule has 114 valence electrons. The van der Waals surface area contributed by atoms with E-state index in [0.29, 0.717) is 6.42 Å². The topological polar surface area (TPSA) is 75.6 Å². The molecule has 0 aliphatic carbocycles. The molecule has 2 N–H and O–H groups in total. The molecule has 0 saturated carbocycles. The van der Waals surface area contributed by atoms with E-state index in [1.807, 2.05) is 4.72 Å². The Morgan fingerprint density at radius 1 is 1.20 bits per heavy atom. The molecule has 0 atom stereocenters. The molecule has 5 nitrogen and oxygen atoms in total. The Balaban J connectivity index is 2.81. The second-order valence-electron chi connectivity index (χ2n) is 3.90. The predicted octanol–water partition coefficient (Wildman–Crippen LogP) is 2.10. The largest absolute Gasteiger partial charge is 0.573 e. The molecule has 1 rings (SSSR count). The fraction of sp³-hybridized carbons (Fsp3) is 0.455. The zero-order valence-corrected chi connectivity index (χ0v) is 11.2. The first-order valence-electron chi connectivity index (χ1n) is 5.69. The number of aliphatic hydroxyl groups excluding tert-OH is 1. The molecular weight excluding hydrogens is 299 g/mol. The van der Waals surface area contributed by atoms with Gasteiger partial charge in [-0.1, -0.05) is 12.1 Å². The van der Waals surface area contributed by atoms with Crippen LogP contribution in [0.15, 0.2) is 24.3 Å². The van der Waals surface area contributed by atoms with E-state index in [-0.39, 0.29) is 24.5 Å². The molecule has 1 aromatic rings. The van der Waals surface area contributed by atoms with Gasteiger partial charge in [-0.25, -0.2) is 8.42 Å². The lowest BCUT2D eigenvalue weighted by Crippen LogP contribution is -2.21. The molecule has 0 heterocycles. The molecule has 0 spiro atoms. The van der Waals surface area contributed by atoms with Crippen molar-refractivity contribution >= 4 is 15.7 Å². The normalized spacial score (nSPS) is 12.2. The summed E-state index contributed by atoms with van der Waals surface area (Å²) in [6.07, 6.45) is -4.41. The van der Waals surface area contributed by atoms with E-state index in [1.165, 1.54) is 18.2 Å². The quantitative estimate of drug-likeness (QED) is 0.756. The lowest BCUT2D eigenvalue weighted by molar-refractivity contribution is -0.274. The van der Waals surface area contributed by atoms with Gasteiger partial charge in [0.15, 0.2) is 5.75 Å². The van der Waals surface area contributed by atoms with Crippen LogP contribution in [0.2, 0.25) is 0 Å². The van der Waals surface area contributed by atoms with Crippen LogP contribution in [0.1, 0.15) is 12.8 Å². The van der Waals surface area contributed by atoms with E-state index < -0.39 is 22.1 Å². The molecule has 0 amide bonds. The second-order valence-corrected chi connectivity index (χ2v) is 5.74. The Hall–Kier alpha value is -1.48. The number of benzene rings is 1. The predicted molar refractivity (Wildman–Crippen MR) is 66.9 cm³/mol. The second kappa shape index (κ2) is 6.80. The summed E-state index contributed by atoms with van der Waals surface area (Å²) in [6, 6.07) is 4.86. The number of aliphatic hydroxyl groups is 1. The molecule has 0 saturated heterocycles. The minimum absolute atomic E-state index is 0.150. The van der Waals surface area contributed by atoms with Crippen LogP contribution >= 0.6 is 0 Å². The van der Waals surface area contributed by atoms with Crippen LogP contribution in [0.5, 0.6) is 5.75 Å². The fourth-order valence-corrected chi connectivity index (χ4v) is 2.58. The van der Waals surface area contributed by atoms with Gasteiger partial charge in [-0.15, -0.1) is 13.2 Å². The zero-order valence-electron chi connectivity index (χ0n) is 10.4. The van der Waals surface area contributed by atoms with Crippen LogP contribution in [0.4, 0.5) is 18.9 Å². The van der Waals surface area contributed by atoms with E-state index in [9.17, 15) is 21.6 Å². The van der Waals surface area contributed by atoms with Crippen molar-refractivity contribution < 1.29 is 31.4 Å². The van der Waals surface area contributed by atoms with Gasteiger partial charge in [0, 0.05) is 6.61 Å². The highest BCUT2D eigenvalue weighted by Gasteiger charge is 2.32. The number of hydrogen-bond acceptors (Lipinski definition) is 4. The highest BCUT2D eigenvalue weighted by molar-refractivity contribution is 7.92. The summed E-state index contributed by atoms with van der Waals surface area (Å²) in [5, 5.41) is 8.56. The monoisotopic (exact) mass is 313 g/mol. The maximum absolute atomic E-state index is 12.2. The number of nitrogens with one attached hydrogen (secondary N) is 1. The van der Waals surface area contributed by atoms with Crippen molar-refractivity contribution in [2.45, 2.75) is 19.2 Å². The third-order valence-corrected chi connectivity index (χ3v) is 3.56. The average molecular weight is 313 g/mol. The van der Waals surface area contributed by atoms with Gasteiger partial charge in [-0.05, 0) is 25.0 Å². The van der Waals surface area contributed by atoms with Crippen LogP contribution in [0.25, 0.3) is 0 Å². The maximum Gasteiger partial charge on any atom is 0.573 e. The van der Waals surface area contributed by atoms with Crippen molar-refractivity contribution in [3.63, 3.8) is 0 Å². The molecule has 0 aliphatic heterocycles. The minimum Gasteiger partial charge on any atom is -0.404 e. The number of ether oxygens (including phenoxy) is 1. The van der Waals surface area contributed by atoms with Crippen LogP contribution in [-0.4, -0.2) is 32.2 Å².